The molecule has 0 saturated heterocycles. The molecule has 0 aliphatic heterocycles. The van der Waals surface area contributed by atoms with Crippen LogP contribution in [0.2, 0.25) is 0 Å². The quantitative estimate of drug-likeness (QED) is 0.315. The van der Waals surface area contributed by atoms with Gasteiger partial charge in [0.15, 0.2) is 5.65 Å². The molecule has 2 aliphatic rings. The Hall–Kier alpha value is -4.05. The topological polar surface area (TPSA) is 43.1 Å². The van der Waals surface area contributed by atoms with Gasteiger partial charge in [-0.05, 0) is 64.6 Å². The Morgan fingerprint density at radius 1 is 0.677 bits per heavy atom. The van der Waals surface area contributed by atoms with E-state index in [1.165, 1.54) is 39.1 Å². The highest BCUT2D eigenvalue weighted by molar-refractivity contribution is 6.08. The average Bonchev–Trinajstić information content (AvgIpc) is 3.47. The first-order chi connectivity index (χ1) is 15.4. The smallest absolute Gasteiger partial charge is 0.164 e. The summed E-state index contributed by atoms with van der Waals surface area (Å²) in [6.07, 6.45) is 5.60. The summed E-state index contributed by atoms with van der Waals surface area (Å²) in [5, 5.41) is 1.05. The van der Waals surface area contributed by atoms with E-state index in [4.69, 9.17) is 15.0 Å². The van der Waals surface area contributed by atoms with Crippen molar-refractivity contribution in [2.24, 2.45) is 0 Å². The molecule has 0 unspecified atom stereocenters. The molecular weight excluding hydrogens is 380 g/mol. The fourth-order valence-electron chi connectivity index (χ4n) is 5.59. The van der Waals surface area contributed by atoms with Gasteiger partial charge in [-0.2, -0.15) is 0 Å². The molecule has 6 aromatic rings. The molecule has 2 aliphatic carbocycles. The van der Waals surface area contributed by atoms with Gasteiger partial charge in [0.05, 0.1) is 22.4 Å². The van der Waals surface area contributed by atoms with E-state index in [2.05, 4.69) is 52.9 Å². The first-order valence-electron chi connectivity index (χ1n) is 10.6. The van der Waals surface area contributed by atoms with Crippen molar-refractivity contribution in [1.29, 1.82) is 0 Å². The lowest BCUT2D eigenvalue weighted by molar-refractivity contribution is 1.08. The molecule has 0 radical (unpaired) electrons. The van der Waals surface area contributed by atoms with Crippen LogP contribution in [-0.4, -0.2) is 19.4 Å². The van der Waals surface area contributed by atoms with Crippen LogP contribution in [0, 0.1) is 0 Å². The van der Waals surface area contributed by atoms with Crippen molar-refractivity contribution in [3.05, 3.63) is 95.4 Å². The fraction of sp³-hybridized carbons (Fsp3) is 0.0741. The van der Waals surface area contributed by atoms with Gasteiger partial charge in [-0.1, -0.05) is 30.3 Å². The lowest BCUT2D eigenvalue weighted by Crippen LogP contribution is -1.98. The van der Waals surface area contributed by atoms with Crippen LogP contribution in [0.15, 0.2) is 73.1 Å². The van der Waals surface area contributed by atoms with Crippen molar-refractivity contribution in [3.63, 3.8) is 0 Å². The third kappa shape index (κ3) is 1.88. The molecule has 4 heterocycles. The highest BCUT2D eigenvalue weighted by Gasteiger charge is 2.30. The second-order valence-electron chi connectivity index (χ2n) is 8.51. The average molecular weight is 396 g/mol. The summed E-state index contributed by atoms with van der Waals surface area (Å²) >= 11 is 0. The van der Waals surface area contributed by atoms with Crippen molar-refractivity contribution in [2.75, 3.05) is 0 Å². The van der Waals surface area contributed by atoms with E-state index in [0.29, 0.717) is 0 Å². The van der Waals surface area contributed by atoms with E-state index >= 15 is 0 Å². The number of rotatable bonds is 0. The van der Waals surface area contributed by atoms with Crippen molar-refractivity contribution in [3.8, 4) is 22.4 Å². The van der Waals surface area contributed by atoms with Gasteiger partial charge in [0.1, 0.15) is 5.52 Å². The molecule has 4 heteroatoms. The minimum Gasteiger partial charge on any atom is -0.292 e. The number of hydrogen-bond acceptors (Lipinski definition) is 3. The van der Waals surface area contributed by atoms with Gasteiger partial charge >= 0.3 is 0 Å². The molecule has 0 N–H and O–H groups in total. The summed E-state index contributed by atoms with van der Waals surface area (Å²) in [6.45, 7) is 0. The molecule has 0 amide bonds. The zero-order valence-electron chi connectivity index (χ0n) is 16.6. The van der Waals surface area contributed by atoms with Crippen LogP contribution < -0.4 is 0 Å². The zero-order chi connectivity index (χ0) is 20.1. The Bertz CT molecular complexity index is 1740. The Labute approximate surface area is 177 Å². The first kappa shape index (κ1) is 15.7. The van der Waals surface area contributed by atoms with E-state index in [1.54, 1.807) is 0 Å². The van der Waals surface area contributed by atoms with Crippen molar-refractivity contribution >= 4 is 27.6 Å². The predicted octanol–water partition coefficient (Wildman–Crippen LogP) is 5.57. The van der Waals surface area contributed by atoms with E-state index in [0.717, 1.165) is 46.1 Å². The minimum absolute atomic E-state index is 0.887. The van der Waals surface area contributed by atoms with Crippen LogP contribution >= 0.6 is 0 Å². The molecule has 0 saturated carbocycles. The van der Waals surface area contributed by atoms with Gasteiger partial charge in [0.25, 0.3) is 0 Å². The minimum atomic E-state index is 0.887. The second kappa shape index (κ2) is 5.35. The van der Waals surface area contributed by atoms with Gasteiger partial charge in [-0.3, -0.25) is 14.4 Å². The highest BCUT2D eigenvalue weighted by atomic mass is 15.1. The summed E-state index contributed by atoms with van der Waals surface area (Å²) in [5.74, 6) is 0. The van der Waals surface area contributed by atoms with Gasteiger partial charge in [-0.25, -0.2) is 4.98 Å². The zero-order valence-corrected chi connectivity index (χ0v) is 16.6. The van der Waals surface area contributed by atoms with Crippen molar-refractivity contribution < 1.29 is 0 Å². The summed E-state index contributed by atoms with van der Waals surface area (Å²) in [7, 11) is 0. The number of hydrogen-bond donors (Lipinski definition) is 0. The summed E-state index contributed by atoms with van der Waals surface area (Å²) < 4.78 is 2.28. The van der Waals surface area contributed by atoms with Crippen LogP contribution in [-0.2, 0) is 12.8 Å². The molecule has 144 valence electrons. The third-order valence-corrected chi connectivity index (χ3v) is 6.91. The second-order valence-corrected chi connectivity index (χ2v) is 8.51. The van der Waals surface area contributed by atoms with Crippen molar-refractivity contribution in [2.45, 2.75) is 12.8 Å². The van der Waals surface area contributed by atoms with Crippen LogP contribution in [0.1, 0.15) is 22.4 Å². The standard InChI is InChI=1S/C27H16N4/c1-2-6-18-15(5-1)11-16-12-17-13-23-25(21(17)14-20(16)18)30-27-26-19(7-3-9-29-26)24-22(31(23)27)8-4-10-28-24/h1-10,12,14H,11,13H2. The summed E-state index contributed by atoms with van der Waals surface area (Å²) in [4.78, 5) is 14.6. The molecular formula is C27H16N4. The maximum atomic E-state index is 5.17. The highest BCUT2D eigenvalue weighted by Crippen LogP contribution is 2.45. The summed E-state index contributed by atoms with van der Waals surface area (Å²) in [5.41, 5.74) is 14.4. The Morgan fingerprint density at radius 2 is 1.52 bits per heavy atom. The van der Waals surface area contributed by atoms with Crippen molar-refractivity contribution in [1.82, 2.24) is 19.4 Å². The van der Waals surface area contributed by atoms with E-state index in [9.17, 15) is 0 Å². The van der Waals surface area contributed by atoms with E-state index in [-0.39, 0.29) is 0 Å². The molecule has 31 heavy (non-hydrogen) atoms. The van der Waals surface area contributed by atoms with Gasteiger partial charge in [0.2, 0.25) is 0 Å². The maximum Gasteiger partial charge on any atom is 0.164 e. The predicted molar refractivity (Wildman–Crippen MR) is 122 cm³/mol. The van der Waals surface area contributed by atoms with Gasteiger partial charge in [0, 0.05) is 29.8 Å². The van der Waals surface area contributed by atoms with Crippen LogP contribution in [0.4, 0.5) is 0 Å². The number of fused-ring (bicyclic) bond motifs is 13. The number of nitrogens with zero attached hydrogens (tertiary/aromatic N) is 4. The largest absolute Gasteiger partial charge is 0.292 e. The van der Waals surface area contributed by atoms with E-state index in [1.807, 2.05) is 24.5 Å². The van der Waals surface area contributed by atoms with Crippen LogP contribution in [0.25, 0.3) is 50.0 Å². The van der Waals surface area contributed by atoms with Gasteiger partial charge < -0.3 is 0 Å². The Kier molecular flexibility index (Phi) is 2.72. The van der Waals surface area contributed by atoms with Crippen LogP contribution in [0.3, 0.4) is 0 Å². The molecule has 8 rings (SSSR count). The molecule has 0 spiro atoms. The molecule has 2 aromatic carbocycles. The van der Waals surface area contributed by atoms with E-state index < -0.39 is 0 Å². The number of aromatic nitrogens is 4. The third-order valence-electron chi connectivity index (χ3n) is 6.91. The number of benzene rings is 2. The first-order valence-corrected chi connectivity index (χ1v) is 10.6. The molecule has 0 bridgehead atoms. The Morgan fingerprint density at radius 3 is 2.48 bits per heavy atom. The lowest BCUT2D eigenvalue weighted by atomic mass is 9.99. The normalized spacial score (nSPS) is 13.5. The monoisotopic (exact) mass is 396 g/mol. The van der Waals surface area contributed by atoms with Crippen LogP contribution in [0.5, 0.6) is 0 Å². The number of pyridine rings is 3. The molecule has 4 aromatic heterocycles. The number of imidazole rings is 1. The maximum absolute atomic E-state index is 5.17. The molecule has 0 atom stereocenters. The SMILES string of the molecule is c1ccc2c(c1)Cc1cc3c(cc1-2)-c1nc2c4ncccc4c4ncccc4n2c1C3. The van der Waals surface area contributed by atoms with Gasteiger partial charge in [-0.15, -0.1) is 0 Å². The Balaban J connectivity index is 1.48. The fourth-order valence-corrected chi connectivity index (χ4v) is 5.59. The summed E-state index contributed by atoms with van der Waals surface area (Å²) in [6, 6.07) is 21.7. The lowest BCUT2D eigenvalue weighted by Gasteiger charge is -2.09. The molecule has 4 nitrogen and oxygen atoms in total. The molecule has 0 fully saturated rings.